The topological polar surface area (TPSA) is 43.7 Å². The molecule has 16 heavy (non-hydrogen) atoms. The Morgan fingerprint density at radius 2 is 1.94 bits per heavy atom. The van der Waals surface area contributed by atoms with Crippen LogP contribution in [0, 0.1) is 5.82 Å². The lowest BCUT2D eigenvalue weighted by atomic mass is 9.79. The van der Waals surface area contributed by atoms with Gasteiger partial charge in [-0.2, -0.15) is 0 Å². The molecular weight excluding hydrogens is 208 g/mol. The summed E-state index contributed by atoms with van der Waals surface area (Å²) in [5, 5.41) is 18.0. The van der Waals surface area contributed by atoms with Crippen LogP contribution in [0.2, 0.25) is 0 Å². The Labute approximate surface area is 94.7 Å². The van der Waals surface area contributed by atoms with Crippen molar-refractivity contribution in [2.45, 2.75) is 19.4 Å². The molecular formula is C11H15BFNO2. The number of benzene rings is 1. The van der Waals surface area contributed by atoms with Crippen LogP contribution < -0.4 is 5.46 Å². The van der Waals surface area contributed by atoms with Gasteiger partial charge in [0.25, 0.3) is 0 Å². The molecule has 0 amide bonds. The van der Waals surface area contributed by atoms with Crippen molar-refractivity contribution in [1.29, 1.82) is 0 Å². The Hall–Kier alpha value is -0.905. The van der Waals surface area contributed by atoms with E-state index in [2.05, 4.69) is 4.90 Å². The highest BCUT2D eigenvalue weighted by molar-refractivity contribution is 6.58. The normalized spacial score (nSPS) is 16.7. The molecule has 2 N–H and O–H groups in total. The molecule has 2 rings (SSSR count). The minimum Gasteiger partial charge on any atom is -0.423 e. The highest BCUT2D eigenvalue weighted by Crippen LogP contribution is 2.14. The van der Waals surface area contributed by atoms with Gasteiger partial charge in [-0.15, -0.1) is 0 Å². The Balaban J connectivity index is 2.14. The Morgan fingerprint density at radius 3 is 2.56 bits per heavy atom. The summed E-state index contributed by atoms with van der Waals surface area (Å²) < 4.78 is 13.5. The molecule has 0 aromatic heterocycles. The van der Waals surface area contributed by atoms with Crippen molar-refractivity contribution in [3.63, 3.8) is 0 Å². The molecule has 1 heterocycles. The minimum atomic E-state index is -1.53. The van der Waals surface area contributed by atoms with Gasteiger partial charge >= 0.3 is 7.12 Å². The van der Waals surface area contributed by atoms with E-state index in [-0.39, 0.29) is 5.82 Å². The number of halogens is 1. The third kappa shape index (κ3) is 2.61. The summed E-state index contributed by atoms with van der Waals surface area (Å²) in [7, 11) is -1.53. The van der Waals surface area contributed by atoms with E-state index in [0.717, 1.165) is 25.9 Å². The van der Waals surface area contributed by atoms with Gasteiger partial charge in [-0.1, -0.05) is 12.1 Å². The first-order chi connectivity index (χ1) is 7.66. The van der Waals surface area contributed by atoms with E-state index in [1.165, 1.54) is 18.2 Å². The zero-order valence-electron chi connectivity index (χ0n) is 9.06. The second-order valence-electron chi connectivity index (χ2n) is 4.21. The fourth-order valence-electron chi connectivity index (χ4n) is 2.06. The third-order valence-electron chi connectivity index (χ3n) is 2.96. The first-order valence-electron chi connectivity index (χ1n) is 5.53. The van der Waals surface area contributed by atoms with Gasteiger partial charge in [-0.3, -0.25) is 4.90 Å². The van der Waals surface area contributed by atoms with Crippen LogP contribution in [-0.4, -0.2) is 35.2 Å². The minimum absolute atomic E-state index is 0.281. The Kier molecular flexibility index (Phi) is 3.58. The first-order valence-corrected chi connectivity index (χ1v) is 5.53. The molecule has 5 heteroatoms. The van der Waals surface area contributed by atoms with E-state index in [1.807, 2.05) is 0 Å². The van der Waals surface area contributed by atoms with E-state index in [9.17, 15) is 4.39 Å². The number of nitrogens with zero attached hydrogens (tertiary/aromatic N) is 1. The van der Waals surface area contributed by atoms with Crippen molar-refractivity contribution in [2.75, 3.05) is 13.1 Å². The third-order valence-corrected chi connectivity index (χ3v) is 2.96. The van der Waals surface area contributed by atoms with Gasteiger partial charge in [0.05, 0.1) is 0 Å². The highest BCUT2D eigenvalue weighted by atomic mass is 19.1. The standard InChI is InChI=1S/C11H15BFNO2/c13-11-4-3-10(12(15)16)7-9(11)8-14-5-1-2-6-14/h3-4,7,15-16H,1-2,5-6,8H2. The summed E-state index contributed by atoms with van der Waals surface area (Å²) in [6.45, 7) is 2.53. The molecule has 1 aromatic carbocycles. The summed E-state index contributed by atoms with van der Waals surface area (Å²) in [6, 6.07) is 4.21. The summed E-state index contributed by atoms with van der Waals surface area (Å²) in [5.41, 5.74) is 0.878. The van der Waals surface area contributed by atoms with Crippen LogP contribution in [0.3, 0.4) is 0 Å². The molecule has 1 aliphatic rings. The largest absolute Gasteiger partial charge is 0.488 e. The van der Waals surface area contributed by atoms with Crippen LogP contribution in [0.1, 0.15) is 18.4 Å². The Bertz CT molecular complexity index is 367. The molecule has 1 aliphatic heterocycles. The maximum absolute atomic E-state index is 13.5. The summed E-state index contributed by atoms with van der Waals surface area (Å²) in [6.07, 6.45) is 2.31. The molecule has 0 spiro atoms. The van der Waals surface area contributed by atoms with Crippen LogP contribution in [-0.2, 0) is 6.54 Å². The zero-order chi connectivity index (χ0) is 11.5. The van der Waals surface area contributed by atoms with Gasteiger partial charge in [0, 0.05) is 12.1 Å². The average molecular weight is 223 g/mol. The number of rotatable bonds is 3. The van der Waals surface area contributed by atoms with E-state index in [4.69, 9.17) is 10.0 Å². The lowest BCUT2D eigenvalue weighted by molar-refractivity contribution is 0.325. The van der Waals surface area contributed by atoms with Gasteiger partial charge in [-0.25, -0.2) is 4.39 Å². The molecule has 0 aliphatic carbocycles. The summed E-state index contributed by atoms with van der Waals surface area (Å²) >= 11 is 0. The van der Waals surface area contributed by atoms with Crippen LogP contribution in [0.25, 0.3) is 0 Å². The average Bonchev–Trinajstić information content (AvgIpc) is 2.73. The fraction of sp³-hybridized carbons (Fsp3) is 0.455. The van der Waals surface area contributed by atoms with Crippen molar-refractivity contribution in [3.05, 3.63) is 29.6 Å². The fourth-order valence-corrected chi connectivity index (χ4v) is 2.06. The second-order valence-corrected chi connectivity index (χ2v) is 4.21. The quantitative estimate of drug-likeness (QED) is 0.714. The molecule has 1 saturated heterocycles. The van der Waals surface area contributed by atoms with Crippen molar-refractivity contribution in [1.82, 2.24) is 4.90 Å². The van der Waals surface area contributed by atoms with Crippen LogP contribution >= 0.6 is 0 Å². The van der Waals surface area contributed by atoms with E-state index in [0.29, 0.717) is 17.6 Å². The second kappa shape index (κ2) is 4.95. The smallest absolute Gasteiger partial charge is 0.423 e. The molecule has 3 nitrogen and oxygen atoms in total. The van der Waals surface area contributed by atoms with Gasteiger partial charge < -0.3 is 10.0 Å². The molecule has 0 saturated carbocycles. The number of hydrogen-bond acceptors (Lipinski definition) is 3. The van der Waals surface area contributed by atoms with E-state index >= 15 is 0 Å². The lowest BCUT2D eigenvalue weighted by Crippen LogP contribution is -2.31. The number of hydrogen-bond donors (Lipinski definition) is 2. The van der Waals surface area contributed by atoms with Crippen LogP contribution in [0.5, 0.6) is 0 Å². The Morgan fingerprint density at radius 1 is 1.25 bits per heavy atom. The van der Waals surface area contributed by atoms with Gasteiger partial charge in [0.1, 0.15) is 5.82 Å². The predicted octanol–water partition coefficient (Wildman–Crippen LogP) is 0.101. The van der Waals surface area contributed by atoms with Gasteiger partial charge in [-0.05, 0) is 37.5 Å². The van der Waals surface area contributed by atoms with Crippen LogP contribution in [0.4, 0.5) is 4.39 Å². The molecule has 1 fully saturated rings. The molecule has 86 valence electrons. The lowest BCUT2D eigenvalue weighted by Gasteiger charge is -2.15. The first kappa shape index (κ1) is 11.6. The monoisotopic (exact) mass is 223 g/mol. The SMILES string of the molecule is OB(O)c1ccc(F)c(CN2CCCC2)c1. The van der Waals surface area contributed by atoms with Crippen molar-refractivity contribution >= 4 is 12.6 Å². The highest BCUT2D eigenvalue weighted by Gasteiger charge is 2.17. The molecule has 0 atom stereocenters. The maximum atomic E-state index is 13.5. The maximum Gasteiger partial charge on any atom is 0.488 e. The van der Waals surface area contributed by atoms with Crippen molar-refractivity contribution in [2.24, 2.45) is 0 Å². The van der Waals surface area contributed by atoms with E-state index < -0.39 is 7.12 Å². The van der Waals surface area contributed by atoms with Gasteiger partial charge in [0.2, 0.25) is 0 Å². The molecule has 1 aromatic rings. The molecule has 0 bridgehead atoms. The number of likely N-dealkylation sites (tertiary alicyclic amines) is 1. The molecule has 0 radical (unpaired) electrons. The zero-order valence-corrected chi connectivity index (χ0v) is 9.06. The predicted molar refractivity (Wildman–Crippen MR) is 60.7 cm³/mol. The van der Waals surface area contributed by atoms with Crippen molar-refractivity contribution < 1.29 is 14.4 Å². The van der Waals surface area contributed by atoms with E-state index in [1.54, 1.807) is 0 Å². The van der Waals surface area contributed by atoms with Crippen molar-refractivity contribution in [3.8, 4) is 0 Å². The van der Waals surface area contributed by atoms with Gasteiger partial charge in [0.15, 0.2) is 0 Å². The summed E-state index contributed by atoms with van der Waals surface area (Å²) in [4.78, 5) is 2.17. The van der Waals surface area contributed by atoms with Crippen LogP contribution in [0.15, 0.2) is 18.2 Å². The summed E-state index contributed by atoms with van der Waals surface area (Å²) in [5.74, 6) is -0.281. The molecule has 0 unspecified atom stereocenters.